The van der Waals surface area contributed by atoms with E-state index in [9.17, 15) is 17.6 Å². The molecule has 1 aliphatic heterocycles. The first-order valence-electron chi connectivity index (χ1n) is 4.64. The van der Waals surface area contributed by atoms with Crippen molar-refractivity contribution in [3.05, 3.63) is 0 Å². The third-order valence-electron chi connectivity index (χ3n) is 2.40. The second-order valence-corrected chi connectivity index (χ2v) is 5.22. The van der Waals surface area contributed by atoms with E-state index in [2.05, 4.69) is 9.50 Å². The minimum Gasteiger partial charge on any atom is -0.348 e. The highest BCUT2D eigenvalue weighted by atomic mass is 32.2. The molecule has 7 heteroatoms. The second kappa shape index (κ2) is 4.44. The molecule has 0 spiro atoms. The fourth-order valence-electron chi connectivity index (χ4n) is 1.62. The zero-order valence-electron chi connectivity index (χ0n) is 8.57. The maximum atomic E-state index is 13.2. The van der Waals surface area contributed by atoms with Crippen LogP contribution in [0.25, 0.3) is 0 Å². The predicted octanol–water partition coefficient (Wildman–Crippen LogP) is -0.175. The lowest BCUT2D eigenvalue weighted by Crippen LogP contribution is -2.34. The summed E-state index contributed by atoms with van der Waals surface area (Å²) in [5.41, 5.74) is 0. The molecule has 1 saturated heterocycles. The molecule has 1 N–H and O–H groups in total. The van der Waals surface area contributed by atoms with Gasteiger partial charge in [-0.3, -0.25) is 8.98 Å². The maximum absolute atomic E-state index is 13.2. The van der Waals surface area contributed by atoms with Gasteiger partial charge in [-0.15, -0.1) is 0 Å². The molecular formula is C8H14FNO4S. The van der Waals surface area contributed by atoms with Crippen LogP contribution in [0.5, 0.6) is 0 Å². The lowest BCUT2D eigenvalue weighted by atomic mass is 9.97. The SMILES string of the molecule is CC[C@H]1C(COS(C)(=O)=O)NC(=O)C1F. The number of halogens is 1. The monoisotopic (exact) mass is 239 g/mol. The largest absolute Gasteiger partial charge is 0.348 e. The smallest absolute Gasteiger partial charge is 0.264 e. The molecule has 2 unspecified atom stereocenters. The van der Waals surface area contributed by atoms with E-state index < -0.39 is 34.2 Å². The molecule has 0 aromatic carbocycles. The van der Waals surface area contributed by atoms with Crippen LogP contribution in [-0.2, 0) is 19.1 Å². The van der Waals surface area contributed by atoms with Crippen molar-refractivity contribution < 1.29 is 21.8 Å². The fourth-order valence-corrected chi connectivity index (χ4v) is 2.02. The lowest BCUT2D eigenvalue weighted by Gasteiger charge is -2.16. The molecule has 1 rings (SSSR count). The topological polar surface area (TPSA) is 72.5 Å². The molecule has 0 bridgehead atoms. The van der Waals surface area contributed by atoms with E-state index in [4.69, 9.17) is 0 Å². The summed E-state index contributed by atoms with van der Waals surface area (Å²) >= 11 is 0. The quantitative estimate of drug-likeness (QED) is 0.691. The maximum Gasteiger partial charge on any atom is 0.264 e. The number of carbonyl (C=O) groups excluding carboxylic acids is 1. The molecule has 1 fully saturated rings. The highest BCUT2D eigenvalue weighted by molar-refractivity contribution is 7.85. The number of carbonyl (C=O) groups is 1. The standard InChI is InChI=1S/C8H14FNO4S/c1-3-5-6(4-14-15(2,12)13)10-8(11)7(5)9/h5-7H,3-4H2,1-2H3,(H,10,11)/t5-,6?,7?/m0/s1. The molecule has 0 aromatic rings. The van der Waals surface area contributed by atoms with E-state index in [1.165, 1.54) is 0 Å². The van der Waals surface area contributed by atoms with Gasteiger partial charge in [0.05, 0.1) is 18.9 Å². The zero-order valence-corrected chi connectivity index (χ0v) is 9.38. The van der Waals surface area contributed by atoms with Crippen molar-refractivity contribution in [2.24, 2.45) is 5.92 Å². The Morgan fingerprint density at radius 3 is 2.60 bits per heavy atom. The van der Waals surface area contributed by atoms with Crippen LogP contribution in [0.2, 0.25) is 0 Å². The molecule has 0 radical (unpaired) electrons. The van der Waals surface area contributed by atoms with Gasteiger partial charge in [0.15, 0.2) is 6.17 Å². The summed E-state index contributed by atoms with van der Waals surface area (Å²) in [6, 6.07) is -0.563. The average molecular weight is 239 g/mol. The van der Waals surface area contributed by atoms with Gasteiger partial charge in [0.1, 0.15) is 0 Å². The number of hydrogen-bond acceptors (Lipinski definition) is 4. The summed E-state index contributed by atoms with van der Waals surface area (Å²) in [7, 11) is -3.55. The van der Waals surface area contributed by atoms with Crippen LogP contribution >= 0.6 is 0 Å². The lowest BCUT2D eigenvalue weighted by molar-refractivity contribution is -0.123. The summed E-state index contributed by atoms with van der Waals surface area (Å²) in [5.74, 6) is -1.21. The predicted molar refractivity (Wildman–Crippen MR) is 51.4 cm³/mol. The molecule has 88 valence electrons. The Hall–Kier alpha value is -0.690. The third-order valence-corrected chi connectivity index (χ3v) is 2.97. The van der Waals surface area contributed by atoms with Gasteiger partial charge in [-0.05, 0) is 6.42 Å². The van der Waals surface area contributed by atoms with E-state index in [1.807, 2.05) is 0 Å². The van der Waals surface area contributed by atoms with Crippen molar-refractivity contribution in [1.82, 2.24) is 5.32 Å². The summed E-state index contributed by atoms with van der Waals surface area (Å²) in [4.78, 5) is 11.0. The summed E-state index contributed by atoms with van der Waals surface area (Å²) in [5, 5.41) is 2.37. The van der Waals surface area contributed by atoms with Crippen LogP contribution in [-0.4, -0.2) is 39.4 Å². The third kappa shape index (κ3) is 3.13. The molecule has 0 aromatic heterocycles. The minimum absolute atomic E-state index is 0.205. The van der Waals surface area contributed by atoms with E-state index in [-0.39, 0.29) is 6.61 Å². The van der Waals surface area contributed by atoms with Crippen molar-refractivity contribution in [2.45, 2.75) is 25.6 Å². The molecule has 0 aliphatic carbocycles. The van der Waals surface area contributed by atoms with Gasteiger partial charge in [0, 0.05) is 5.92 Å². The van der Waals surface area contributed by atoms with Gasteiger partial charge in [-0.1, -0.05) is 6.92 Å². The normalized spacial score (nSPS) is 31.7. The van der Waals surface area contributed by atoms with Gasteiger partial charge >= 0.3 is 0 Å². The van der Waals surface area contributed by atoms with Gasteiger partial charge < -0.3 is 5.32 Å². The van der Waals surface area contributed by atoms with Crippen molar-refractivity contribution in [1.29, 1.82) is 0 Å². The molecule has 0 saturated carbocycles. The Bertz CT molecular complexity index is 343. The molecule has 1 heterocycles. The summed E-state index contributed by atoms with van der Waals surface area (Å²) < 4.78 is 39.2. The van der Waals surface area contributed by atoms with E-state index in [1.54, 1.807) is 6.92 Å². The molecule has 3 atom stereocenters. The zero-order chi connectivity index (χ0) is 11.6. The van der Waals surface area contributed by atoms with Crippen LogP contribution in [0.3, 0.4) is 0 Å². The Morgan fingerprint density at radius 2 is 2.13 bits per heavy atom. The van der Waals surface area contributed by atoms with Gasteiger partial charge in [0.25, 0.3) is 16.0 Å². The number of hydrogen-bond donors (Lipinski definition) is 1. The Balaban J connectivity index is 2.59. The van der Waals surface area contributed by atoms with Crippen molar-refractivity contribution in [3.63, 3.8) is 0 Å². The summed E-state index contributed by atoms with van der Waals surface area (Å²) in [6.07, 6.45) is -0.196. The average Bonchev–Trinajstić information content (AvgIpc) is 2.38. The molecule has 15 heavy (non-hydrogen) atoms. The fraction of sp³-hybridized carbons (Fsp3) is 0.875. The van der Waals surface area contributed by atoms with Crippen LogP contribution in [0, 0.1) is 5.92 Å². The van der Waals surface area contributed by atoms with E-state index >= 15 is 0 Å². The van der Waals surface area contributed by atoms with E-state index in [0.29, 0.717) is 6.42 Å². The van der Waals surface area contributed by atoms with Crippen molar-refractivity contribution in [2.75, 3.05) is 12.9 Å². The highest BCUT2D eigenvalue weighted by Crippen LogP contribution is 2.23. The van der Waals surface area contributed by atoms with Gasteiger partial charge in [-0.2, -0.15) is 8.42 Å². The number of amides is 1. The van der Waals surface area contributed by atoms with Crippen molar-refractivity contribution in [3.8, 4) is 0 Å². The minimum atomic E-state index is -3.55. The first-order valence-corrected chi connectivity index (χ1v) is 6.45. The number of rotatable bonds is 4. The molecule has 1 aliphatic rings. The first-order chi connectivity index (χ1) is 6.85. The van der Waals surface area contributed by atoms with Crippen LogP contribution in [0.4, 0.5) is 4.39 Å². The molecule has 5 nitrogen and oxygen atoms in total. The first kappa shape index (κ1) is 12.4. The summed E-state index contributed by atoms with van der Waals surface area (Å²) in [6.45, 7) is 1.54. The number of alkyl halides is 1. The van der Waals surface area contributed by atoms with Crippen LogP contribution in [0.15, 0.2) is 0 Å². The molecule has 1 amide bonds. The number of nitrogens with one attached hydrogen (secondary N) is 1. The van der Waals surface area contributed by atoms with E-state index in [0.717, 1.165) is 6.26 Å². The van der Waals surface area contributed by atoms with Gasteiger partial charge in [-0.25, -0.2) is 4.39 Å². The Labute approximate surface area is 88.1 Å². The second-order valence-electron chi connectivity index (χ2n) is 3.58. The van der Waals surface area contributed by atoms with Crippen LogP contribution in [0.1, 0.15) is 13.3 Å². The Kier molecular flexibility index (Phi) is 3.67. The molecular weight excluding hydrogens is 225 g/mol. The van der Waals surface area contributed by atoms with Crippen LogP contribution < -0.4 is 5.32 Å². The van der Waals surface area contributed by atoms with Crippen molar-refractivity contribution >= 4 is 16.0 Å². The highest BCUT2D eigenvalue weighted by Gasteiger charge is 2.41. The Morgan fingerprint density at radius 1 is 1.53 bits per heavy atom. The van der Waals surface area contributed by atoms with Gasteiger partial charge in [0.2, 0.25) is 0 Å².